The quantitative estimate of drug-likeness (QED) is 0.127. The number of aliphatic hydroxyl groups is 8. The summed E-state index contributed by atoms with van der Waals surface area (Å²) in [5.41, 5.74) is -3.30. The fraction of sp³-hybridized carbons (Fsp3) is 0.977. The van der Waals surface area contributed by atoms with Crippen LogP contribution in [0.1, 0.15) is 113 Å². The van der Waals surface area contributed by atoms with Crippen LogP contribution in [-0.4, -0.2) is 151 Å². The number of esters is 1. The summed E-state index contributed by atoms with van der Waals surface area (Å²) in [6, 6.07) is 0. The van der Waals surface area contributed by atoms with Crippen LogP contribution in [0.25, 0.3) is 0 Å². The molecule has 15 heteroatoms. The Kier molecular flexibility index (Phi) is 10.7. The molecule has 332 valence electrons. The molecule has 21 atom stereocenters. The van der Waals surface area contributed by atoms with Gasteiger partial charge in [-0.15, -0.1) is 0 Å². The Bertz CT molecular complexity index is 1570. The van der Waals surface area contributed by atoms with Crippen LogP contribution in [0.2, 0.25) is 0 Å². The highest BCUT2D eigenvalue weighted by Crippen LogP contribution is 2.89. The molecule has 8 rings (SSSR count). The smallest absolute Gasteiger partial charge is 0.303 e. The first-order chi connectivity index (χ1) is 26.9. The number of carbonyl (C=O) groups is 1. The highest BCUT2D eigenvalue weighted by atomic mass is 16.7. The van der Waals surface area contributed by atoms with Gasteiger partial charge in [0, 0.05) is 12.8 Å². The molecule has 58 heavy (non-hydrogen) atoms. The molecule has 8 fully saturated rings. The van der Waals surface area contributed by atoms with Gasteiger partial charge in [0.2, 0.25) is 0 Å². The predicted molar refractivity (Wildman–Crippen MR) is 203 cm³/mol. The van der Waals surface area contributed by atoms with Gasteiger partial charge in [-0.25, -0.2) is 0 Å². The molecule has 3 saturated heterocycles. The van der Waals surface area contributed by atoms with Gasteiger partial charge in [0.15, 0.2) is 18.7 Å². The summed E-state index contributed by atoms with van der Waals surface area (Å²) in [6.45, 7) is 15.0. The third kappa shape index (κ3) is 6.17. The minimum Gasteiger partial charge on any atom is -0.457 e. The molecule has 3 heterocycles. The van der Waals surface area contributed by atoms with Crippen LogP contribution in [0.5, 0.6) is 0 Å². The van der Waals surface area contributed by atoms with Gasteiger partial charge in [-0.3, -0.25) is 4.79 Å². The van der Waals surface area contributed by atoms with Crippen LogP contribution in [-0.2, 0) is 33.2 Å². The summed E-state index contributed by atoms with van der Waals surface area (Å²) in [7, 11) is 0. The Hall–Kier alpha value is -1.05. The van der Waals surface area contributed by atoms with Crippen LogP contribution in [0, 0.1) is 44.8 Å². The third-order valence-corrected chi connectivity index (χ3v) is 17.9. The van der Waals surface area contributed by atoms with Gasteiger partial charge in [-0.2, -0.15) is 0 Å². The summed E-state index contributed by atoms with van der Waals surface area (Å²) in [4.78, 5) is 11.9. The molecule has 8 N–H and O–H groups in total. The van der Waals surface area contributed by atoms with E-state index in [1.165, 1.54) is 6.92 Å². The largest absolute Gasteiger partial charge is 0.457 e. The van der Waals surface area contributed by atoms with E-state index in [0.717, 1.165) is 32.1 Å². The van der Waals surface area contributed by atoms with Crippen LogP contribution in [0.15, 0.2) is 0 Å². The molecular formula is C43H70O15. The van der Waals surface area contributed by atoms with Crippen molar-refractivity contribution in [2.75, 3.05) is 13.2 Å². The number of carbonyl (C=O) groups excluding carboxylic acids is 1. The zero-order chi connectivity index (χ0) is 42.3. The van der Waals surface area contributed by atoms with Crippen molar-refractivity contribution < 1.29 is 74.1 Å². The number of aliphatic hydroxyl groups excluding tert-OH is 7. The summed E-state index contributed by atoms with van der Waals surface area (Å²) in [6.07, 6.45) is -7.63. The van der Waals surface area contributed by atoms with Crippen molar-refractivity contribution in [1.29, 1.82) is 0 Å². The van der Waals surface area contributed by atoms with Gasteiger partial charge < -0.3 is 69.3 Å². The van der Waals surface area contributed by atoms with Crippen LogP contribution in [0.4, 0.5) is 0 Å². The molecule has 0 aromatic rings. The van der Waals surface area contributed by atoms with Crippen LogP contribution < -0.4 is 0 Å². The van der Waals surface area contributed by atoms with E-state index in [2.05, 4.69) is 34.6 Å². The maximum atomic E-state index is 12.2. The standard InChI is InChI=1S/C43H70O15/c1-20(45)54-32-22(47)18-53-35(31(32)51)57-26-10-12-43-19-42(43)14-13-39(6)33(41(8)11-9-27(58-41)38(4,5)52)21(46)16-40(39,7)25(42)15-23(34(43)37(26,2)3)55-36-30(50)29(49)28(48)24(17-44)56-36/h21-36,44,46-52H,9-19H2,1-8H3/t21?,22-,23+,24-,25+,26+,27?,28-,29+,30-,31-,32+,33+,34+,35+,36-,39-,40+,41+,42+,43-/m1/s1. The average molecular weight is 827 g/mol. The number of fused-ring (bicyclic) bond motifs is 2. The van der Waals surface area contributed by atoms with Crippen molar-refractivity contribution in [1.82, 2.24) is 0 Å². The van der Waals surface area contributed by atoms with E-state index in [0.29, 0.717) is 25.7 Å². The fourth-order valence-electron chi connectivity index (χ4n) is 15.2. The molecule has 2 spiro atoms. The monoisotopic (exact) mass is 826 g/mol. The lowest BCUT2D eigenvalue weighted by molar-refractivity contribution is -0.339. The topological polar surface area (TPSA) is 234 Å². The van der Waals surface area contributed by atoms with E-state index in [1.807, 2.05) is 0 Å². The molecule has 15 nitrogen and oxygen atoms in total. The first-order valence-electron chi connectivity index (χ1n) is 21.8. The van der Waals surface area contributed by atoms with Gasteiger partial charge in [0.25, 0.3) is 0 Å². The first-order valence-corrected chi connectivity index (χ1v) is 21.8. The van der Waals surface area contributed by atoms with E-state index in [-0.39, 0.29) is 52.1 Å². The average Bonchev–Trinajstić information content (AvgIpc) is 3.49. The second-order valence-corrected chi connectivity index (χ2v) is 21.6. The van der Waals surface area contributed by atoms with Gasteiger partial charge in [-0.1, -0.05) is 27.7 Å². The Morgan fingerprint density at radius 2 is 1.50 bits per heavy atom. The predicted octanol–water partition coefficient (Wildman–Crippen LogP) is 1.29. The van der Waals surface area contributed by atoms with E-state index < -0.39 is 103 Å². The van der Waals surface area contributed by atoms with Crippen molar-refractivity contribution >= 4 is 5.97 Å². The Labute approximate surface area is 341 Å². The second-order valence-electron chi connectivity index (χ2n) is 21.6. The molecule has 0 radical (unpaired) electrons. The Morgan fingerprint density at radius 1 is 0.793 bits per heavy atom. The number of ether oxygens (including phenoxy) is 6. The molecule has 0 aromatic heterocycles. The molecular weight excluding hydrogens is 756 g/mol. The zero-order valence-electron chi connectivity index (χ0n) is 35.5. The molecule has 5 saturated carbocycles. The number of rotatable bonds is 8. The normalized spacial score (nSPS) is 56.1. The fourth-order valence-corrected chi connectivity index (χ4v) is 15.2. The molecule has 5 aliphatic carbocycles. The number of hydrogen-bond donors (Lipinski definition) is 8. The van der Waals surface area contributed by atoms with Gasteiger partial charge in [-0.05, 0) is 117 Å². The lowest BCUT2D eigenvalue weighted by atomic mass is 9.41. The summed E-state index contributed by atoms with van der Waals surface area (Å²) in [5, 5.41) is 87.8. The van der Waals surface area contributed by atoms with Crippen molar-refractivity contribution in [3.8, 4) is 0 Å². The van der Waals surface area contributed by atoms with E-state index in [1.54, 1.807) is 13.8 Å². The van der Waals surface area contributed by atoms with Crippen LogP contribution in [0.3, 0.4) is 0 Å². The van der Waals surface area contributed by atoms with Gasteiger partial charge in [0.05, 0.1) is 48.8 Å². The second kappa shape index (κ2) is 14.2. The van der Waals surface area contributed by atoms with Crippen molar-refractivity contribution in [3.63, 3.8) is 0 Å². The Balaban J connectivity index is 1.14. The molecule has 8 aliphatic rings. The number of hydrogen-bond acceptors (Lipinski definition) is 15. The lowest BCUT2D eigenvalue weighted by Gasteiger charge is -2.65. The lowest BCUT2D eigenvalue weighted by Crippen LogP contribution is -2.65. The zero-order valence-corrected chi connectivity index (χ0v) is 35.5. The minimum absolute atomic E-state index is 0.0855. The maximum Gasteiger partial charge on any atom is 0.303 e. The third-order valence-electron chi connectivity index (χ3n) is 17.9. The van der Waals surface area contributed by atoms with E-state index in [9.17, 15) is 45.6 Å². The summed E-state index contributed by atoms with van der Waals surface area (Å²) < 4.78 is 37.4. The molecule has 2 unspecified atom stereocenters. The van der Waals surface area contributed by atoms with E-state index in [4.69, 9.17) is 28.4 Å². The van der Waals surface area contributed by atoms with Crippen molar-refractivity contribution in [2.24, 2.45) is 44.8 Å². The summed E-state index contributed by atoms with van der Waals surface area (Å²) in [5.74, 6) is -0.920. The molecule has 0 bridgehead atoms. The van der Waals surface area contributed by atoms with Crippen molar-refractivity contribution in [2.45, 2.75) is 204 Å². The molecule has 3 aliphatic heterocycles. The highest BCUT2D eigenvalue weighted by molar-refractivity contribution is 5.66. The van der Waals surface area contributed by atoms with Crippen molar-refractivity contribution in [3.05, 3.63) is 0 Å². The van der Waals surface area contributed by atoms with Gasteiger partial charge >= 0.3 is 5.97 Å². The minimum atomic E-state index is -1.62. The highest BCUT2D eigenvalue weighted by Gasteiger charge is 2.85. The molecule has 0 aromatic carbocycles. The maximum absolute atomic E-state index is 12.2. The SMILES string of the molecule is CC(=O)O[C@@H]1[C@@H](O)[C@H](O[C@H]2CC[C@]34C[C@]35CC[C@]3(C)[C@@H]([C@]6(C)CCC(C(C)(C)O)O6)C(O)C[C@@]3(C)[C@@H]5C[C@H](O[C@@H]3O[C@H](CO)[C@@H](O)[C@H](O)[C@H]3O)[C@H]4C2(C)C)OC[C@H]1O. The summed E-state index contributed by atoms with van der Waals surface area (Å²) >= 11 is 0. The van der Waals surface area contributed by atoms with Crippen LogP contribution >= 0.6 is 0 Å². The van der Waals surface area contributed by atoms with E-state index >= 15 is 0 Å². The Morgan fingerprint density at radius 3 is 2.14 bits per heavy atom. The van der Waals surface area contributed by atoms with Gasteiger partial charge in [0.1, 0.15) is 36.6 Å². The molecule has 0 amide bonds. The first kappa shape index (κ1) is 43.6.